The number of carbonyl (C=O) groups excluding carboxylic acids is 2. The molecule has 1 saturated heterocycles. The molecule has 0 aromatic carbocycles. The minimum absolute atomic E-state index is 0.0880. The van der Waals surface area contributed by atoms with Crippen LogP contribution in [0.2, 0.25) is 0 Å². The number of nitrogens with zero attached hydrogens (tertiary/aromatic N) is 3. The summed E-state index contributed by atoms with van der Waals surface area (Å²) in [6.07, 6.45) is 8.72. The van der Waals surface area contributed by atoms with Crippen LogP contribution in [0, 0.1) is 5.92 Å². The number of hydrogen-bond acceptors (Lipinski definition) is 4. The third-order valence-corrected chi connectivity index (χ3v) is 6.99. The lowest BCUT2D eigenvalue weighted by molar-refractivity contribution is -0.129. The molecule has 2 aromatic rings. The number of hydrogen-bond donors (Lipinski definition) is 1. The van der Waals surface area contributed by atoms with Crippen LogP contribution in [0.25, 0.3) is 10.9 Å². The normalized spacial score (nSPS) is 21.7. The Kier molecular flexibility index (Phi) is 6.18. The molecular weight excluding hydrogens is 444 g/mol. The third kappa shape index (κ3) is 4.26. The monoisotopic (exact) mass is 470 g/mol. The topological polar surface area (TPSA) is 75.2 Å². The lowest BCUT2D eigenvalue weighted by Crippen LogP contribution is -2.53. The Morgan fingerprint density at radius 1 is 1.20 bits per heavy atom. The molecule has 2 amide bonds. The molecule has 1 saturated carbocycles. The van der Waals surface area contributed by atoms with Crippen LogP contribution in [0.1, 0.15) is 56.4 Å². The predicted molar refractivity (Wildman–Crippen MR) is 120 cm³/mol. The zero-order valence-electron chi connectivity index (χ0n) is 17.4. The molecule has 158 valence electrons. The summed E-state index contributed by atoms with van der Waals surface area (Å²) < 4.78 is 0.757. The van der Waals surface area contributed by atoms with Crippen LogP contribution in [0.4, 0.5) is 0 Å². The quantitative estimate of drug-likeness (QED) is 0.680. The molecule has 2 aromatic heterocycles. The number of aromatic nitrogens is 2. The van der Waals surface area contributed by atoms with Crippen molar-refractivity contribution < 1.29 is 9.59 Å². The molecule has 6 nitrogen and oxygen atoms in total. The van der Waals surface area contributed by atoms with Crippen LogP contribution in [0.3, 0.4) is 0 Å². The summed E-state index contributed by atoms with van der Waals surface area (Å²) in [5.74, 6) is 0.213. The second-order valence-electron chi connectivity index (χ2n) is 8.42. The first kappa shape index (κ1) is 21.0. The molecule has 7 heteroatoms. The molecule has 30 heavy (non-hydrogen) atoms. The van der Waals surface area contributed by atoms with Crippen LogP contribution in [-0.4, -0.2) is 45.8 Å². The number of likely N-dealkylation sites (tertiary alicyclic amines) is 1. The molecule has 1 aliphatic heterocycles. The fourth-order valence-electron chi connectivity index (χ4n) is 4.39. The van der Waals surface area contributed by atoms with Crippen molar-refractivity contribution in [1.29, 1.82) is 0 Å². The first-order valence-corrected chi connectivity index (χ1v) is 11.4. The Labute approximate surface area is 185 Å². The van der Waals surface area contributed by atoms with Crippen LogP contribution in [0.15, 0.2) is 40.1 Å². The largest absolute Gasteiger partial charge is 0.346 e. The summed E-state index contributed by atoms with van der Waals surface area (Å²) in [7, 11) is 0. The van der Waals surface area contributed by atoms with E-state index in [2.05, 4.69) is 38.1 Å². The van der Waals surface area contributed by atoms with Gasteiger partial charge in [-0.1, -0.05) is 12.5 Å². The maximum Gasteiger partial charge on any atom is 0.270 e. The van der Waals surface area contributed by atoms with Gasteiger partial charge in [0, 0.05) is 42.5 Å². The molecule has 2 unspecified atom stereocenters. The Bertz CT molecular complexity index is 1010. The highest BCUT2D eigenvalue weighted by atomic mass is 79.9. The van der Waals surface area contributed by atoms with E-state index in [0.717, 1.165) is 41.2 Å². The van der Waals surface area contributed by atoms with E-state index in [1.807, 2.05) is 17.9 Å². The van der Waals surface area contributed by atoms with Crippen molar-refractivity contribution in [2.45, 2.75) is 52.0 Å². The third-order valence-electron chi connectivity index (χ3n) is 6.41. The molecule has 3 heterocycles. The lowest BCUT2D eigenvalue weighted by Gasteiger charge is -2.37. The highest BCUT2D eigenvalue weighted by Gasteiger charge is 2.31. The van der Waals surface area contributed by atoms with Crippen LogP contribution < -0.4 is 5.32 Å². The molecule has 0 spiro atoms. The molecule has 0 radical (unpaired) electrons. The Morgan fingerprint density at radius 3 is 2.73 bits per heavy atom. The van der Waals surface area contributed by atoms with Gasteiger partial charge < -0.3 is 10.2 Å². The Balaban J connectivity index is 1.48. The fourth-order valence-corrected chi connectivity index (χ4v) is 4.82. The standard InChI is InChI=1S/C23H27BrN4O2/c1-14-9-10-28(23(30)15(2)16-5-3-4-6-16)13-20(14)27-22(29)19-8-7-17-11-25-12-18(24)21(17)26-19/h7-8,11-12,14,20H,3-6,9-10,13H2,1-2H3,(H,27,29). The van der Waals surface area contributed by atoms with Gasteiger partial charge in [-0.05, 0) is 73.0 Å². The van der Waals surface area contributed by atoms with E-state index in [9.17, 15) is 9.59 Å². The van der Waals surface area contributed by atoms with Crippen LogP contribution >= 0.6 is 15.9 Å². The molecule has 1 aliphatic carbocycles. The number of pyridine rings is 2. The summed E-state index contributed by atoms with van der Waals surface area (Å²) in [4.78, 5) is 36.5. The minimum Gasteiger partial charge on any atom is -0.346 e. The molecule has 2 fully saturated rings. The summed E-state index contributed by atoms with van der Waals surface area (Å²) in [5.41, 5.74) is 3.29. The second kappa shape index (κ2) is 8.84. The number of nitrogens with one attached hydrogen (secondary N) is 1. The van der Waals surface area contributed by atoms with E-state index >= 15 is 0 Å². The van der Waals surface area contributed by atoms with Crippen molar-refractivity contribution in [2.75, 3.05) is 13.1 Å². The zero-order chi connectivity index (χ0) is 21.3. The Hall–Kier alpha value is -2.28. The zero-order valence-corrected chi connectivity index (χ0v) is 19.0. The van der Waals surface area contributed by atoms with Gasteiger partial charge in [-0.3, -0.25) is 14.6 Å². The number of carbonyl (C=O) groups is 2. The number of amides is 2. The molecule has 0 bridgehead atoms. The van der Waals surface area contributed by atoms with Crippen molar-refractivity contribution in [1.82, 2.24) is 20.2 Å². The highest BCUT2D eigenvalue weighted by Crippen LogP contribution is 2.29. The van der Waals surface area contributed by atoms with E-state index in [0.29, 0.717) is 23.7 Å². The van der Waals surface area contributed by atoms with Gasteiger partial charge in [0.1, 0.15) is 5.69 Å². The van der Waals surface area contributed by atoms with Crippen LogP contribution in [0.5, 0.6) is 0 Å². The van der Waals surface area contributed by atoms with Gasteiger partial charge >= 0.3 is 0 Å². The van der Waals surface area contributed by atoms with Crippen molar-refractivity contribution in [3.8, 4) is 0 Å². The maximum absolute atomic E-state index is 13.0. The molecule has 2 aliphatic rings. The van der Waals surface area contributed by atoms with Gasteiger partial charge in [0.2, 0.25) is 5.91 Å². The number of allylic oxidation sites excluding steroid dienone is 1. The van der Waals surface area contributed by atoms with Gasteiger partial charge in [-0.2, -0.15) is 0 Å². The SMILES string of the molecule is CC(C(=O)N1CCC(C)C(NC(=O)c2ccc3cncc(Br)c3n2)C1)=C1CCCC1. The number of fused-ring (bicyclic) bond motifs is 1. The fraction of sp³-hybridized carbons (Fsp3) is 0.478. The molecule has 4 rings (SSSR count). The van der Waals surface area contributed by atoms with Gasteiger partial charge in [0.15, 0.2) is 0 Å². The molecular formula is C23H27BrN4O2. The summed E-state index contributed by atoms with van der Waals surface area (Å²) >= 11 is 3.45. The van der Waals surface area contributed by atoms with E-state index in [1.54, 1.807) is 18.5 Å². The number of rotatable bonds is 3. The van der Waals surface area contributed by atoms with Crippen LogP contribution in [-0.2, 0) is 4.79 Å². The predicted octanol–water partition coefficient (Wildman–Crippen LogP) is 4.25. The van der Waals surface area contributed by atoms with E-state index in [1.165, 1.54) is 18.4 Å². The van der Waals surface area contributed by atoms with Gasteiger partial charge in [0.05, 0.1) is 9.99 Å². The first-order valence-electron chi connectivity index (χ1n) is 10.6. The molecule has 1 N–H and O–H groups in total. The average Bonchev–Trinajstić information content (AvgIpc) is 3.29. The first-order chi connectivity index (χ1) is 14.4. The maximum atomic E-state index is 13.0. The van der Waals surface area contributed by atoms with E-state index in [-0.39, 0.29) is 17.9 Å². The second-order valence-corrected chi connectivity index (χ2v) is 9.28. The Morgan fingerprint density at radius 2 is 1.97 bits per heavy atom. The minimum atomic E-state index is -0.211. The van der Waals surface area contributed by atoms with Crippen molar-refractivity contribution in [2.24, 2.45) is 5.92 Å². The summed E-state index contributed by atoms with van der Waals surface area (Å²) in [6, 6.07) is 3.48. The van der Waals surface area contributed by atoms with Gasteiger partial charge in [-0.25, -0.2) is 4.98 Å². The van der Waals surface area contributed by atoms with Gasteiger partial charge in [0.25, 0.3) is 5.91 Å². The summed E-state index contributed by atoms with van der Waals surface area (Å²) in [6.45, 7) is 5.37. The smallest absolute Gasteiger partial charge is 0.270 e. The molecule has 2 atom stereocenters. The van der Waals surface area contributed by atoms with E-state index < -0.39 is 0 Å². The van der Waals surface area contributed by atoms with Crippen molar-refractivity contribution >= 4 is 38.6 Å². The average molecular weight is 471 g/mol. The van der Waals surface area contributed by atoms with Gasteiger partial charge in [-0.15, -0.1) is 0 Å². The highest BCUT2D eigenvalue weighted by molar-refractivity contribution is 9.10. The summed E-state index contributed by atoms with van der Waals surface area (Å²) in [5, 5.41) is 3.99. The number of halogens is 1. The van der Waals surface area contributed by atoms with Crippen molar-refractivity contribution in [3.63, 3.8) is 0 Å². The lowest BCUT2D eigenvalue weighted by atomic mass is 9.92. The number of piperidine rings is 1. The van der Waals surface area contributed by atoms with E-state index in [4.69, 9.17) is 0 Å². The van der Waals surface area contributed by atoms with Crippen molar-refractivity contribution in [3.05, 3.63) is 45.8 Å².